The Labute approximate surface area is 170 Å². The van der Waals surface area contributed by atoms with E-state index in [1.165, 1.54) is 6.20 Å². The van der Waals surface area contributed by atoms with Gasteiger partial charge >= 0.3 is 5.97 Å². The Morgan fingerprint density at radius 1 is 0.966 bits per heavy atom. The second-order valence-corrected chi connectivity index (χ2v) is 6.51. The van der Waals surface area contributed by atoms with Gasteiger partial charge in [-0.05, 0) is 31.2 Å². The number of carbonyl (C=O) groups is 2. The third-order valence-corrected chi connectivity index (χ3v) is 4.75. The lowest BCUT2D eigenvalue weighted by molar-refractivity contribution is 0.0525. The molecule has 0 bridgehead atoms. The van der Waals surface area contributed by atoms with E-state index in [4.69, 9.17) is 14.2 Å². The van der Waals surface area contributed by atoms with Crippen molar-refractivity contribution in [1.29, 1.82) is 0 Å². The monoisotopic (exact) mass is 399 g/mol. The zero-order chi connectivity index (χ0) is 20.8. The van der Waals surface area contributed by atoms with Gasteiger partial charge in [0.05, 0.1) is 26.4 Å². The molecule has 0 radical (unpaired) electrons. The molecule has 1 amide bonds. The standard InChI is InChI=1S/C21H25N3O5/c1-4-29-21(26)15-5-6-19(22-14-15)23-7-9-24(10-8-23)20(25)16-11-17(27-2)13-18(12-16)28-3/h5-6,11-14H,4,7-10H2,1-3H3. The fourth-order valence-corrected chi connectivity index (χ4v) is 3.16. The molecule has 2 heterocycles. The van der Waals surface area contributed by atoms with E-state index in [9.17, 15) is 9.59 Å². The first-order valence-corrected chi connectivity index (χ1v) is 9.46. The Morgan fingerprint density at radius 3 is 2.14 bits per heavy atom. The number of esters is 1. The van der Waals surface area contributed by atoms with Crippen LogP contribution in [0.2, 0.25) is 0 Å². The number of benzene rings is 1. The highest BCUT2D eigenvalue weighted by molar-refractivity contribution is 5.95. The van der Waals surface area contributed by atoms with Gasteiger partial charge in [-0.15, -0.1) is 0 Å². The average Bonchev–Trinajstić information content (AvgIpc) is 2.78. The summed E-state index contributed by atoms with van der Waals surface area (Å²) >= 11 is 0. The SMILES string of the molecule is CCOC(=O)c1ccc(N2CCN(C(=O)c3cc(OC)cc(OC)c3)CC2)nc1. The van der Waals surface area contributed by atoms with Gasteiger partial charge in [-0.3, -0.25) is 4.79 Å². The van der Waals surface area contributed by atoms with Crippen LogP contribution in [0.4, 0.5) is 5.82 Å². The molecule has 29 heavy (non-hydrogen) atoms. The molecule has 1 aromatic carbocycles. The van der Waals surface area contributed by atoms with E-state index in [1.807, 2.05) is 0 Å². The first-order chi connectivity index (χ1) is 14.0. The lowest BCUT2D eigenvalue weighted by Gasteiger charge is -2.35. The van der Waals surface area contributed by atoms with Crippen molar-refractivity contribution in [2.45, 2.75) is 6.92 Å². The molecule has 0 atom stereocenters. The zero-order valence-electron chi connectivity index (χ0n) is 16.9. The highest BCUT2D eigenvalue weighted by atomic mass is 16.5. The van der Waals surface area contributed by atoms with E-state index in [2.05, 4.69) is 9.88 Å². The fourth-order valence-electron chi connectivity index (χ4n) is 3.16. The number of anilines is 1. The number of aromatic nitrogens is 1. The number of nitrogens with zero attached hydrogens (tertiary/aromatic N) is 3. The number of pyridine rings is 1. The summed E-state index contributed by atoms with van der Waals surface area (Å²) in [7, 11) is 3.12. The summed E-state index contributed by atoms with van der Waals surface area (Å²) in [6, 6.07) is 8.68. The highest BCUT2D eigenvalue weighted by Crippen LogP contribution is 2.24. The van der Waals surface area contributed by atoms with Crippen molar-refractivity contribution in [3.05, 3.63) is 47.7 Å². The molecule has 0 spiro atoms. The van der Waals surface area contributed by atoms with Crippen molar-refractivity contribution >= 4 is 17.7 Å². The number of rotatable bonds is 6. The van der Waals surface area contributed by atoms with Crippen LogP contribution in [0, 0.1) is 0 Å². The van der Waals surface area contributed by atoms with Gasteiger partial charge < -0.3 is 24.0 Å². The van der Waals surface area contributed by atoms with Crippen LogP contribution in [-0.2, 0) is 4.74 Å². The Balaban J connectivity index is 1.63. The third-order valence-electron chi connectivity index (χ3n) is 4.75. The molecule has 1 saturated heterocycles. The molecule has 0 N–H and O–H groups in total. The molecule has 3 rings (SSSR count). The van der Waals surface area contributed by atoms with Gasteiger partial charge in [0.2, 0.25) is 0 Å². The molecule has 8 heteroatoms. The van der Waals surface area contributed by atoms with Gasteiger partial charge in [-0.2, -0.15) is 0 Å². The largest absolute Gasteiger partial charge is 0.497 e. The number of hydrogen-bond acceptors (Lipinski definition) is 7. The van der Waals surface area contributed by atoms with Crippen molar-refractivity contribution in [3.8, 4) is 11.5 Å². The third kappa shape index (κ3) is 4.77. The molecule has 154 valence electrons. The van der Waals surface area contributed by atoms with Gasteiger partial charge in [0, 0.05) is 44.0 Å². The molecular formula is C21H25N3O5. The predicted molar refractivity (Wildman–Crippen MR) is 108 cm³/mol. The summed E-state index contributed by atoms with van der Waals surface area (Å²) < 4.78 is 15.5. The van der Waals surface area contributed by atoms with Crippen LogP contribution in [0.3, 0.4) is 0 Å². The van der Waals surface area contributed by atoms with Crippen molar-refractivity contribution in [3.63, 3.8) is 0 Å². The molecule has 1 aliphatic heterocycles. The second kappa shape index (κ2) is 9.27. The van der Waals surface area contributed by atoms with Crippen LogP contribution in [0.1, 0.15) is 27.6 Å². The van der Waals surface area contributed by atoms with E-state index < -0.39 is 0 Å². The summed E-state index contributed by atoms with van der Waals surface area (Å²) in [5.41, 5.74) is 0.961. The molecule has 2 aromatic rings. The maximum absolute atomic E-state index is 12.9. The topological polar surface area (TPSA) is 81.2 Å². The van der Waals surface area contributed by atoms with Crippen LogP contribution in [0.5, 0.6) is 11.5 Å². The van der Waals surface area contributed by atoms with E-state index in [1.54, 1.807) is 56.4 Å². The Kier molecular flexibility index (Phi) is 6.54. The van der Waals surface area contributed by atoms with Crippen LogP contribution in [0.15, 0.2) is 36.5 Å². The molecule has 8 nitrogen and oxygen atoms in total. The molecular weight excluding hydrogens is 374 g/mol. The fraction of sp³-hybridized carbons (Fsp3) is 0.381. The molecule has 0 unspecified atom stereocenters. The predicted octanol–water partition coefficient (Wildman–Crippen LogP) is 2.24. The van der Waals surface area contributed by atoms with Crippen LogP contribution < -0.4 is 14.4 Å². The quantitative estimate of drug-likeness (QED) is 0.689. The number of piperazine rings is 1. The smallest absolute Gasteiger partial charge is 0.339 e. The Hall–Kier alpha value is -3.29. The lowest BCUT2D eigenvalue weighted by Crippen LogP contribution is -2.49. The zero-order valence-corrected chi connectivity index (χ0v) is 16.9. The molecule has 0 aliphatic carbocycles. The van der Waals surface area contributed by atoms with Crippen LogP contribution in [0.25, 0.3) is 0 Å². The summed E-state index contributed by atoms with van der Waals surface area (Å²) in [5.74, 6) is 1.49. The Bertz CT molecular complexity index is 839. The van der Waals surface area contributed by atoms with Gasteiger partial charge in [0.1, 0.15) is 17.3 Å². The van der Waals surface area contributed by atoms with Crippen molar-refractivity contribution in [2.75, 3.05) is 51.9 Å². The summed E-state index contributed by atoms with van der Waals surface area (Å²) in [6.45, 7) is 4.54. The average molecular weight is 399 g/mol. The lowest BCUT2D eigenvalue weighted by atomic mass is 10.1. The van der Waals surface area contributed by atoms with Gasteiger partial charge in [0.25, 0.3) is 5.91 Å². The van der Waals surface area contributed by atoms with E-state index in [0.717, 1.165) is 5.82 Å². The van der Waals surface area contributed by atoms with Crippen molar-refractivity contribution < 1.29 is 23.8 Å². The maximum atomic E-state index is 12.9. The minimum Gasteiger partial charge on any atom is -0.497 e. The number of carbonyl (C=O) groups excluding carboxylic acids is 2. The van der Waals surface area contributed by atoms with Crippen molar-refractivity contribution in [1.82, 2.24) is 9.88 Å². The van der Waals surface area contributed by atoms with Gasteiger partial charge in [-0.1, -0.05) is 0 Å². The number of methoxy groups -OCH3 is 2. The molecule has 0 saturated carbocycles. The number of amides is 1. The first-order valence-electron chi connectivity index (χ1n) is 9.46. The van der Waals surface area contributed by atoms with Crippen molar-refractivity contribution in [2.24, 2.45) is 0 Å². The normalized spacial score (nSPS) is 13.8. The molecule has 1 aliphatic rings. The van der Waals surface area contributed by atoms with E-state index in [-0.39, 0.29) is 11.9 Å². The van der Waals surface area contributed by atoms with E-state index >= 15 is 0 Å². The first kappa shape index (κ1) is 20.4. The van der Waals surface area contributed by atoms with Gasteiger partial charge in [0.15, 0.2) is 0 Å². The number of ether oxygens (including phenoxy) is 3. The Morgan fingerprint density at radius 2 is 1.62 bits per heavy atom. The maximum Gasteiger partial charge on any atom is 0.339 e. The second-order valence-electron chi connectivity index (χ2n) is 6.51. The molecule has 1 fully saturated rings. The number of hydrogen-bond donors (Lipinski definition) is 0. The summed E-state index contributed by atoms with van der Waals surface area (Å²) in [4.78, 5) is 32.9. The highest BCUT2D eigenvalue weighted by Gasteiger charge is 2.24. The minimum absolute atomic E-state index is 0.0625. The van der Waals surface area contributed by atoms with Crippen LogP contribution >= 0.6 is 0 Å². The van der Waals surface area contributed by atoms with E-state index in [0.29, 0.717) is 55.4 Å². The minimum atomic E-state index is -0.379. The summed E-state index contributed by atoms with van der Waals surface area (Å²) in [5, 5.41) is 0. The summed E-state index contributed by atoms with van der Waals surface area (Å²) in [6.07, 6.45) is 1.52. The van der Waals surface area contributed by atoms with Gasteiger partial charge in [-0.25, -0.2) is 9.78 Å². The molecule has 1 aromatic heterocycles. The van der Waals surface area contributed by atoms with Crippen LogP contribution in [-0.4, -0.2) is 68.8 Å².